The van der Waals surface area contributed by atoms with Crippen LogP contribution in [0.15, 0.2) is 45.6 Å². The Morgan fingerprint density at radius 2 is 2.24 bits per heavy atom. The van der Waals surface area contributed by atoms with Crippen LogP contribution >= 0.6 is 27.3 Å². The van der Waals surface area contributed by atoms with Crippen molar-refractivity contribution in [2.24, 2.45) is 0 Å². The number of likely N-dealkylation sites (N-methyl/N-ethyl adjacent to an activating group) is 1. The Labute approximate surface area is 115 Å². The fraction of sp³-hybridized carbons (Fsp3) is 0.286. The number of hydrogen-bond acceptors (Lipinski definition) is 2. The van der Waals surface area contributed by atoms with E-state index in [9.17, 15) is 0 Å². The largest absolute Gasteiger partial charge is 0.319 e. The van der Waals surface area contributed by atoms with Crippen molar-refractivity contribution in [1.29, 1.82) is 0 Å². The molecule has 2 aromatic rings. The van der Waals surface area contributed by atoms with Gasteiger partial charge in [0.1, 0.15) is 0 Å². The Hall–Kier alpha value is -0.640. The van der Waals surface area contributed by atoms with Crippen molar-refractivity contribution in [3.8, 4) is 0 Å². The van der Waals surface area contributed by atoms with Crippen LogP contribution in [0.2, 0.25) is 0 Å². The second-order valence-electron chi connectivity index (χ2n) is 4.15. The van der Waals surface area contributed by atoms with Crippen molar-refractivity contribution in [3.63, 3.8) is 0 Å². The standard InChI is InChI=1S/C14H16BrNS/c1-16-9-13(7-11-5-6-17-10-11)12-3-2-4-14(15)8-12/h2-6,8,10,13,16H,7,9H2,1H3. The highest BCUT2D eigenvalue weighted by Crippen LogP contribution is 2.24. The molecule has 0 saturated carbocycles. The van der Waals surface area contributed by atoms with Crippen LogP contribution in [0.5, 0.6) is 0 Å². The first-order valence-electron chi connectivity index (χ1n) is 5.70. The molecule has 0 radical (unpaired) electrons. The summed E-state index contributed by atoms with van der Waals surface area (Å²) in [6, 6.07) is 10.8. The normalized spacial score (nSPS) is 12.6. The third-order valence-electron chi connectivity index (χ3n) is 2.83. The molecule has 17 heavy (non-hydrogen) atoms. The molecule has 0 bridgehead atoms. The quantitative estimate of drug-likeness (QED) is 0.878. The second-order valence-corrected chi connectivity index (χ2v) is 5.84. The van der Waals surface area contributed by atoms with Gasteiger partial charge in [0.05, 0.1) is 0 Å². The van der Waals surface area contributed by atoms with Gasteiger partial charge in [0.15, 0.2) is 0 Å². The van der Waals surface area contributed by atoms with E-state index >= 15 is 0 Å². The summed E-state index contributed by atoms with van der Waals surface area (Å²) >= 11 is 5.31. The zero-order valence-corrected chi connectivity index (χ0v) is 12.2. The van der Waals surface area contributed by atoms with Crippen LogP contribution in [-0.2, 0) is 6.42 Å². The molecule has 0 amide bonds. The van der Waals surface area contributed by atoms with E-state index in [0.717, 1.165) is 17.4 Å². The zero-order valence-electron chi connectivity index (χ0n) is 9.82. The molecular weight excluding hydrogens is 294 g/mol. The van der Waals surface area contributed by atoms with Gasteiger partial charge in [0.25, 0.3) is 0 Å². The SMILES string of the molecule is CNCC(Cc1ccsc1)c1cccc(Br)c1. The topological polar surface area (TPSA) is 12.0 Å². The zero-order chi connectivity index (χ0) is 12.1. The van der Waals surface area contributed by atoms with Crippen LogP contribution in [0.25, 0.3) is 0 Å². The predicted octanol–water partition coefficient (Wildman–Crippen LogP) is 4.06. The summed E-state index contributed by atoms with van der Waals surface area (Å²) in [5, 5.41) is 7.67. The van der Waals surface area contributed by atoms with E-state index in [2.05, 4.69) is 62.3 Å². The van der Waals surface area contributed by atoms with Gasteiger partial charge in [-0.1, -0.05) is 28.1 Å². The molecule has 1 unspecified atom stereocenters. The highest BCUT2D eigenvalue weighted by Gasteiger charge is 2.12. The van der Waals surface area contributed by atoms with Crippen LogP contribution in [0.3, 0.4) is 0 Å². The second kappa shape index (κ2) is 6.34. The van der Waals surface area contributed by atoms with Gasteiger partial charge in [0.2, 0.25) is 0 Å². The lowest BCUT2D eigenvalue weighted by Crippen LogP contribution is -2.19. The van der Waals surface area contributed by atoms with E-state index in [0.29, 0.717) is 5.92 Å². The Morgan fingerprint density at radius 3 is 2.88 bits per heavy atom. The third-order valence-corrected chi connectivity index (χ3v) is 4.06. The Bertz CT molecular complexity index is 453. The number of hydrogen-bond donors (Lipinski definition) is 1. The number of halogens is 1. The molecule has 1 N–H and O–H groups in total. The van der Waals surface area contributed by atoms with E-state index < -0.39 is 0 Å². The monoisotopic (exact) mass is 309 g/mol. The van der Waals surface area contributed by atoms with E-state index in [1.54, 1.807) is 11.3 Å². The highest BCUT2D eigenvalue weighted by atomic mass is 79.9. The first kappa shape index (κ1) is 12.8. The first-order chi connectivity index (χ1) is 8.29. The summed E-state index contributed by atoms with van der Waals surface area (Å²) in [4.78, 5) is 0. The van der Waals surface area contributed by atoms with E-state index in [-0.39, 0.29) is 0 Å². The lowest BCUT2D eigenvalue weighted by atomic mass is 9.93. The van der Waals surface area contributed by atoms with Crippen molar-refractivity contribution in [2.75, 3.05) is 13.6 Å². The van der Waals surface area contributed by atoms with Gasteiger partial charge in [-0.05, 0) is 53.6 Å². The third kappa shape index (κ3) is 3.66. The average Bonchev–Trinajstić information content (AvgIpc) is 2.81. The van der Waals surface area contributed by atoms with Gasteiger partial charge >= 0.3 is 0 Å². The van der Waals surface area contributed by atoms with Gasteiger partial charge in [-0.15, -0.1) is 0 Å². The predicted molar refractivity (Wildman–Crippen MR) is 78.8 cm³/mol. The van der Waals surface area contributed by atoms with Gasteiger partial charge < -0.3 is 5.32 Å². The van der Waals surface area contributed by atoms with Crippen molar-refractivity contribution in [3.05, 3.63) is 56.7 Å². The van der Waals surface area contributed by atoms with Crippen molar-refractivity contribution in [1.82, 2.24) is 5.32 Å². The number of rotatable bonds is 5. The summed E-state index contributed by atoms with van der Waals surface area (Å²) in [5.74, 6) is 0.534. The maximum atomic E-state index is 3.54. The lowest BCUT2D eigenvalue weighted by Gasteiger charge is -2.16. The molecule has 1 nitrogen and oxygen atoms in total. The van der Waals surface area contributed by atoms with Crippen LogP contribution in [0.1, 0.15) is 17.0 Å². The Kier molecular flexibility index (Phi) is 4.77. The fourth-order valence-corrected chi connectivity index (χ4v) is 3.11. The summed E-state index contributed by atoms with van der Waals surface area (Å²) in [7, 11) is 2.01. The molecule has 1 heterocycles. The first-order valence-corrected chi connectivity index (χ1v) is 7.44. The van der Waals surface area contributed by atoms with Crippen molar-refractivity contribution >= 4 is 27.3 Å². The summed E-state index contributed by atoms with van der Waals surface area (Å²) in [6.45, 7) is 1.01. The molecule has 1 aromatic heterocycles. The summed E-state index contributed by atoms with van der Waals surface area (Å²) < 4.78 is 1.15. The number of thiophene rings is 1. The van der Waals surface area contributed by atoms with Gasteiger partial charge in [-0.2, -0.15) is 11.3 Å². The van der Waals surface area contributed by atoms with Crippen molar-refractivity contribution < 1.29 is 0 Å². The van der Waals surface area contributed by atoms with Gasteiger partial charge in [0, 0.05) is 16.9 Å². The summed E-state index contributed by atoms with van der Waals surface area (Å²) in [5.41, 5.74) is 2.81. The molecule has 0 spiro atoms. The maximum Gasteiger partial charge on any atom is 0.0178 e. The number of benzene rings is 1. The molecule has 1 atom stereocenters. The maximum absolute atomic E-state index is 3.54. The Morgan fingerprint density at radius 1 is 1.35 bits per heavy atom. The molecule has 0 aliphatic heterocycles. The van der Waals surface area contributed by atoms with E-state index in [1.807, 2.05) is 7.05 Å². The molecule has 0 aliphatic rings. The lowest BCUT2D eigenvalue weighted by molar-refractivity contribution is 0.626. The van der Waals surface area contributed by atoms with Crippen LogP contribution in [0.4, 0.5) is 0 Å². The minimum atomic E-state index is 0.534. The van der Waals surface area contributed by atoms with E-state index in [1.165, 1.54) is 11.1 Å². The number of nitrogens with one attached hydrogen (secondary N) is 1. The molecule has 2 rings (SSSR count). The summed E-state index contributed by atoms with van der Waals surface area (Å²) in [6.07, 6.45) is 1.10. The Balaban J connectivity index is 2.16. The molecule has 0 saturated heterocycles. The fourth-order valence-electron chi connectivity index (χ4n) is 2.01. The molecule has 0 fully saturated rings. The van der Waals surface area contributed by atoms with Crippen LogP contribution < -0.4 is 5.32 Å². The molecule has 90 valence electrons. The molecule has 0 aliphatic carbocycles. The van der Waals surface area contributed by atoms with Crippen LogP contribution in [-0.4, -0.2) is 13.6 Å². The average molecular weight is 310 g/mol. The van der Waals surface area contributed by atoms with Crippen molar-refractivity contribution in [2.45, 2.75) is 12.3 Å². The van der Waals surface area contributed by atoms with E-state index in [4.69, 9.17) is 0 Å². The minimum Gasteiger partial charge on any atom is -0.319 e. The van der Waals surface area contributed by atoms with Gasteiger partial charge in [-0.25, -0.2) is 0 Å². The molecular formula is C14H16BrNS. The van der Waals surface area contributed by atoms with Crippen LogP contribution in [0, 0.1) is 0 Å². The van der Waals surface area contributed by atoms with Gasteiger partial charge in [-0.3, -0.25) is 0 Å². The molecule has 1 aromatic carbocycles. The minimum absolute atomic E-state index is 0.534. The molecule has 3 heteroatoms. The highest BCUT2D eigenvalue weighted by molar-refractivity contribution is 9.10. The smallest absolute Gasteiger partial charge is 0.0178 e.